The molecule has 1 aliphatic rings. The molecule has 1 fully saturated rings. The predicted octanol–water partition coefficient (Wildman–Crippen LogP) is 7.83. The van der Waals surface area contributed by atoms with Gasteiger partial charge in [-0.3, -0.25) is 0 Å². The van der Waals surface area contributed by atoms with Gasteiger partial charge < -0.3 is 22.1 Å². The van der Waals surface area contributed by atoms with Gasteiger partial charge in [0.15, 0.2) is 0 Å². The molecule has 10 heteroatoms. The smallest absolute Gasteiger partial charge is 0.223 e. The van der Waals surface area contributed by atoms with Crippen LogP contribution in [0.5, 0.6) is 0 Å². The first-order valence-corrected chi connectivity index (χ1v) is 18.6. The fourth-order valence-corrected chi connectivity index (χ4v) is 6.03. The Hall–Kier alpha value is -3.18. The number of anilines is 2. The van der Waals surface area contributed by atoms with E-state index in [1.165, 1.54) is 36.9 Å². The van der Waals surface area contributed by atoms with Gasteiger partial charge in [0, 0.05) is 49.8 Å². The Morgan fingerprint density at radius 3 is 1.78 bits per heavy atom. The van der Waals surface area contributed by atoms with Gasteiger partial charge >= 0.3 is 0 Å². The minimum absolute atomic E-state index is 0.495. The van der Waals surface area contributed by atoms with Crippen LogP contribution in [-0.2, 0) is 0 Å². The first-order valence-electron chi connectivity index (χ1n) is 16.6. The summed E-state index contributed by atoms with van der Waals surface area (Å²) in [6.07, 6.45) is 8.84. The van der Waals surface area contributed by atoms with Crippen LogP contribution < -0.4 is 22.1 Å². The summed E-state index contributed by atoms with van der Waals surface area (Å²) in [5.41, 5.74) is 13.7. The van der Waals surface area contributed by atoms with Crippen molar-refractivity contribution >= 4 is 35.4 Å². The summed E-state index contributed by atoms with van der Waals surface area (Å²) in [5.74, 6) is 4.33. The fourth-order valence-electron chi connectivity index (χ4n) is 4.71. The Kier molecular flexibility index (Phi) is 18.8. The van der Waals surface area contributed by atoms with E-state index in [2.05, 4.69) is 75.8 Å². The quantitative estimate of drug-likeness (QED) is 0.0536. The summed E-state index contributed by atoms with van der Waals surface area (Å²) in [4.78, 5) is 18.0. The molecule has 8 nitrogen and oxygen atoms in total. The van der Waals surface area contributed by atoms with Crippen molar-refractivity contribution < 1.29 is 0 Å². The molecule has 6 N–H and O–H groups in total. The summed E-state index contributed by atoms with van der Waals surface area (Å²) in [6, 6.07) is 26.9. The topological polar surface area (TPSA) is 128 Å². The molecule has 2 aromatic heterocycles. The molecule has 0 saturated heterocycles. The van der Waals surface area contributed by atoms with Crippen LogP contribution in [0.4, 0.5) is 11.9 Å². The Morgan fingerprint density at radius 2 is 1.22 bits per heavy atom. The number of hydrogen-bond acceptors (Lipinski definition) is 10. The Bertz CT molecular complexity index is 1300. The molecule has 1 aliphatic carbocycles. The molecule has 0 amide bonds. The standard InChI is InChI=1S/C20H28N4S.C10H18N4S.C6H6/c1-2-3-12-22-20-23-18(14-19(24-20)25-13-11-21)17-10-9-16(17)15-7-5-4-6-8-15;1-2-3-6-12-10-13-7-4-9(14-10)15-8-5-11;1-2-4-6-5-3-1/h4-8,14,16-17H,2-3,9-13,21H2,1H3,(H,22,23,24);4,7H,2-3,5-6,8,11H2,1H3,(H,12,13,14);1-6H. The van der Waals surface area contributed by atoms with E-state index >= 15 is 0 Å². The van der Waals surface area contributed by atoms with Crippen molar-refractivity contribution in [1.29, 1.82) is 0 Å². The summed E-state index contributed by atoms with van der Waals surface area (Å²) >= 11 is 3.38. The third-order valence-electron chi connectivity index (χ3n) is 7.26. The highest BCUT2D eigenvalue weighted by Crippen LogP contribution is 2.48. The highest BCUT2D eigenvalue weighted by atomic mass is 32.2. The molecule has 2 heterocycles. The third-order valence-corrected chi connectivity index (χ3v) is 9.17. The van der Waals surface area contributed by atoms with E-state index in [0.29, 0.717) is 30.9 Å². The number of hydrogen-bond donors (Lipinski definition) is 4. The van der Waals surface area contributed by atoms with E-state index in [0.717, 1.165) is 53.4 Å². The van der Waals surface area contributed by atoms with E-state index < -0.39 is 0 Å². The van der Waals surface area contributed by atoms with E-state index in [-0.39, 0.29) is 0 Å². The van der Waals surface area contributed by atoms with Crippen LogP contribution in [-0.4, -0.2) is 57.6 Å². The van der Waals surface area contributed by atoms with Crippen LogP contribution in [0.2, 0.25) is 0 Å². The number of unbranched alkanes of at least 4 members (excludes halogenated alkanes) is 2. The lowest BCUT2D eigenvalue weighted by atomic mass is 9.68. The molecule has 0 radical (unpaired) electrons. The van der Waals surface area contributed by atoms with E-state index in [1.807, 2.05) is 42.5 Å². The number of rotatable bonds is 16. The minimum Gasteiger partial charge on any atom is -0.354 e. The molecule has 0 bridgehead atoms. The van der Waals surface area contributed by atoms with Crippen LogP contribution in [0.3, 0.4) is 0 Å². The first kappa shape index (κ1) is 37.3. The maximum Gasteiger partial charge on any atom is 0.223 e. The van der Waals surface area contributed by atoms with Crippen molar-refractivity contribution in [3.05, 3.63) is 96.3 Å². The lowest BCUT2D eigenvalue weighted by Crippen LogP contribution is -2.23. The van der Waals surface area contributed by atoms with Gasteiger partial charge in [0.2, 0.25) is 11.9 Å². The molecule has 1 saturated carbocycles. The van der Waals surface area contributed by atoms with Gasteiger partial charge in [-0.1, -0.05) is 93.4 Å². The van der Waals surface area contributed by atoms with E-state index in [4.69, 9.17) is 16.5 Å². The Balaban J connectivity index is 0.000000230. The number of nitrogens with zero attached hydrogens (tertiary/aromatic N) is 4. The van der Waals surface area contributed by atoms with E-state index in [1.54, 1.807) is 29.7 Å². The minimum atomic E-state index is 0.495. The molecular weight excluding hydrogens is 609 g/mol. The summed E-state index contributed by atoms with van der Waals surface area (Å²) < 4.78 is 0. The van der Waals surface area contributed by atoms with Gasteiger partial charge in [-0.25, -0.2) is 19.9 Å². The van der Waals surface area contributed by atoms with Gasteiger partial charge in [-0.15, -0.1) is 23.5 Å². The van der Waals surface area contributed by atoms with Crippen LogP contribution >= 0.6 is 23.5 Å². The number of thioether (sulfide) groups is 2. The van der Waals surface area contributed by atoms with Crippen LogP contribution in [0, 0.1) is 0 Å². The maximum absolute atomic E-state index is 5.67. The molecule has 2 unspecified atom stereocenters. The highest BCUT2D eigenvalue weighted by molar-refractivity contribution is 7.99. The summed E-state index contributed by atoms with van der Waals surface area (Å²) in [5, 5.41) is 8.61. The molecule has 0 spiro atoms. The van der Waals surface area contributed by atoms with Crippen molar-refractivity contribution in [2.75, 3.05) is 48.3 Å². The zero-order valence-electron chi connectivity index (χ0n) is 27.5. The van der Waals surface area contributed by atoms with Gasteiger partial charge in [0.05, 0.1) is 5.69 Å². The Morgan fingerprint density at radius 1 is 0.674 bits per heavy atom. The average molecular weight is 661 g/mol. The van der Waals surface area contributed by atoms with Crippen molar-refractivity contribution in [2.24, 2.45) is 11.5 Å². The third kappa shape index (κ3) is 14.1. The second-order valence-electron chi connectivity index (χ2n) is 10.9. The lowest BCUT2D eigenvalue weighted by Gasteiger charge is -2.37. The number of nitrogens with one attached hydrogen (secondary N) is 2. The van der Waals surface area contributed by atoms with Gasteiger partial charge in [0.1, 0.15) is 10.1 Å². The highest BCUT2D eigenvalue weighted by Gasteiger charge is 2.34. The van der Waals surface area contributed by atoms with Crippen molar-refractivity contribution in [1.82, 2.24) is 19.9 Å². The molecule has 2 aromatic carbocycles. The van der Waals surface area contributed by atoms with Crippen molar-refractivity contribution in [3.63, 3.8) is 0 Å². The van der Waals surface area contributed by atoms with Crippen LogP contribution in [0.15, 0.2) is 95.1 Å². The van der Waals surface area contributed by atoms with Gasteiger partial charge in [-0.05, 0) is 49.3 Å². The van der Waals surface area contributed by atoms with E-state index in [9.17, 15) is 0 Å². The second kappa shape index (κ2) is 23.2. The SMILES string of the molecule is CCCCNc1nc(SCCN)cc(C2CCC2c2ccccc2)n1.CCCCNc1nccc(SCCN)n1.c1ccccc1. The van der Waals surface area contributed by atoms with Crippen LogP contribution in [0.1, 0.15) is 75.5 Å². The molecule has 248 valence electrons. The fraction of sp³-hybridized carbons (Fsp3) is 0.444. The van der Waals surface area contributed by atoms with Crippen LogP contribution in [0.25, 0.3) is 0 Å². The van der Waals surface area contributed by atoms with Gasteiger partial charge in [-0.2, -0.15) is 0 Å². The molecular formula is C36H52N8S2. The second-order valence-corrected chi connectivity index (χ2v) is 13.1. The zero-order valence-corrected chi connectivity index (χ0v) is 29.1. The first-order chi connectivity index (χ1) is 22.7. The molecule has 0 aliphatic heterocycles. The average Bonchev–Trinajstić information content (AvgIpc) is 3.08. The molecule has 46 heavy (non-hydrogen) atoms. The summed E-state index contributed by atoms with van der Waals surface area (Å²) in [6.45, 7) is 7.55. The summed E-state index contributed by atoms with van der Waals surface area (Å²) in [7, 11) is 0. The number of aromatic nitrogens is 4. The number of nitrogens with two attached hydrogens (primary N) is 2. The Labute approximate surface area is 284 Å². The maximum atomic E-state index is 5.67. The van der Waals surface area contributed by atoms with Gasteiger partial charge in [0.25, 0.3) is 0 Å². The predicted molar refractivity (Wildman–Crippen MR) is 198 cm³/mol. The monoisotopic (exact) mass is 660 g/mol. The lowest BCUT2D eigenvalue weighted by molar-refractivity contribution is 0.339. The van der Waals surface area contributed by atoms with Crippen molar-refractivity contribution in [2.45, 2.75) is 74.3 Å². The largest absolute Gasteiger partial charge is 0.354 e. The molecule has 4 aromatic rings. The normalized spacial score (nSPS) is 15.0. The number of benzene rings is 2. The molecule has 5 rings (SSSR count). The zero-order chi connectivity index (χ0) is 32.7. The molecule has 2 atom stereocenters. The van der Waals surface area contributed by atoms with Crippen molar-refractivity contribution in [3.8, 4) is 0 Å².